The number of thioether (sulfide) groups is 2. The van der Waals surface area contributed by atoms with Crippen molar-refractivity contribution in [2.75, 3.05) is 10.6 Å². The van der Waals surface area contributed by atoms with Crippen LogP contribution in [0.3, 0.4) is 0 Å². The van der Waals surface area contributed by atoms with E-state index >= 15 is 0 Å². The number of anilines is 2. The Balaban J connectivity index is 1.52. The highest BCUT2D eigenvalue weighted by atomic mass is 32.2. The van der Waals surface area contributed by atoms with Crippen molar-refractivity contribution in [2.24, 2.45) is 0 Å². The highest BCUT2D eigenvalue weighted by Gasteiger charge is 2.14. The molecule has 0 saturated heterocycles. The Kier molecular flexibility index (Phi) is 6.04. The van der Waals surface area contributed by atoms with Crippen molar-refractivity contribution in [2.45, 2.75) is 8.68 Å². The molecule has 0 saturated carbocycles. The van der Waals surface area contributed by atoms with Crippen molar-refractivity contribution < 1.29 is 9.59 Å². The van der Waals surface area contributed by atoms with Crippen molar-refractivity contribution >= 4 is 56.7 Å². The molecule has 9 heteroatoms. The molecule has 126 valence electrons. The van der Waals surface area contributed by atoms with Crippen molar-refractivity contribution in [3.05, 3.63) is 60.7 Å². The minimum Gasteiger partial charge on any atom is -0.317 e. The lowest BCUT2D eigenvalue weighted by Gasteiger charge is -2.02. The number of carbonyl (C=O) groups is 2. The van der Waals surface area contributed by atoms with E-state index in [4.69, 9.17) is 0 Å². The SMILES string of the molecule is O=C(Nc1ccccc1)Sc1nnc(SC(=O)Nc2ccccc2)s1. The zero-order chi connectivity index (χ0) is 17.5. The molecule has 0 radical (unpaired) electrons. The maximum absolute atomic E-state index is 12.0. The average molecular weight is 388 g/mol. The number of carbonyl (C=O) groups excluding carboxylic acids is 2. The Morgan fingerprint density at radius 3 is 1.52 bits per heavy atom. The van der Waals surface area contributed by atoms with E-state index in [2.05, 4.69) is 20.8 Å². The van der Waals surface area contributed by atoms with Gasteiger partial charge in [-0.15, -0.1) is 10.2 Å². The number of amides is 2. The molecule has 3 aromatic rings. The third-order valence-corrected chi connectivity index (χ3v) is 5.39. The molecular formula is C16H12N4O2S3. The standard InChI is InChI=1S/C16H12N4O2S3/c21-13(17-11-7-3-1-4-8-11)23-15-19-20-16(25-15)24-14(22)18-12-9-5-2-6-10-12/h1-10H,(H,17,21)(H,18,22). The Morgan fingerprint density at radius 2 is 1.12 bits per heavy atom. The normalized spacial score (nSPS) is 10.2. The van der Waals surface area contributed by atoms with E-state index in [1.807, 2.05) is 36.4 Å². The van der Waals surface area contributed by atoms with Crippen molar-refractivity contribution in [3.8, 4) is 0 Å². The minimum atomic E-state index is -0.257. The molecule has 0 bridgehead atoms. The first-order chi connectivity index (χ1) is 12.2. The first kappa shape index (κ1) is 17.5. The topological polar surface area (TPSA) is 84.0 Å². The van der Waals surface area contributed by atoms with Crippen molar-refractivity contribution in [1.82, 2.24) is 10.2 Å². The molecule has 1 aromatic heterocycles. The molecule has 0 fully saturated rings. The van der Waals surface area contributed by atoms with Crippen LogP contribution in [0.25, 0.3) is 0 Å². The van der Waals surface area contributed by atoms with Crippen LogP contribution in [0.4, 0.5) is 21.0 Å². The van der Waals surface area contributed by atoms with Crippen LogP contribution in [0.1, 0.15) is 0 Å². The van der Waals surface area contributed by atoms with Gasteiger partial charge in [-0.2, -0.15) is 0 Å². The summed E-state index contributed by atoms with van der Waals surface area (Å²) in [5.41, 5.74) is 1.42. The summed E-state index contributed by atoms with van der Waals surface area (Å²) in [6, 6.07) is 18.3. The Bertz CT molecular complexity index is 786. The average Bonchev–Trinajstić information content (AvgIpc) is 3.03. The van der Waals surface area contributed by atoms with Crippen LogP contribution < -0.4 is 10.6 Å². The minimum absolute atomic E-state index is 0.257. The number of benzene rings is 2. The molecule has 0 atom stereocenters. The molecule has 3 rings (SSSR count). The highest BCUT2D eigenvalue weighted by Crippen LogP contribution is 2.30. The number of nitrogens with one attached hydrogen (secondary N) is 2. The molecule has 0 aliphatic heterocycles. The summed E-state index contributed by atoms with van der Waals surface area (Å²) in [5.74, 6) is 0. The zero-order valence-electron chi connectivity index (χ0n) is 12.7. The third-order valence-electron chi connectivity index (χ3n) is 2.79. The molecule has 2 N–H and O–H groups in total. The van der Waals surface area contributed by atoms with Crippen molar-refractivity contribution in [1.29, 1.82) is 0 Å². The van der Waals surface area contributed by atoms with E-state index in [0.29, 0.717) is 20.1 Å². The molecular weight excluding hydrogens is 376 g/mol. The van der Waals surface area contributed by atoms with Gasteiger partial charge in [0.1, 0.15) is 0 Å². The lowest BCUT2D eigenvalue weighted by molar-refractivity contribution is 0.269. The Labute approximate surface area is 156 Å². The number of nitrogens with zero attached hydrogens (tertiary/aromatic N) is 2. The Morgan fingerprint density at radius 1 is 0.720 bits per heavy atom. The zero-order valence-corrected chi connectivity index (χ0v) is 15.2. The van der Waals surface area contributed by atoms with E-state index < -0.39 is 0 Å². The van der Waals surface area contributed by atoms with E-state index in [1.54, 1.807) is 24.3 Å². The fourth-order valence-electron chi connectivity index (χ4n) is 1.77. The summed E-state index contributed by atoms with van der Waals surface area (Å²) in [4.78, 5) is 23.9. The van der Waals surface area contributed by atoms with Gasteiger partial charge >= 0.3 is 0 Å². The highest BCUT2D eigenvalue weighted by molar-refractivity contribution is 8.17. The largest absolute Gasteiger partial charge is 0.317 e. The van der Waals surface area contributed by atoms with Gasteiger partial charge in [-0.3, -0.25) is 9.59 Å². The van der Waals surface area contributed by atoms with Crippen LogP contribution in [0, 0.1) is 0 Å². The quantitative estimate of drug-likeness (QED) is 0.599. The van der Waals surface area contributed by atoms with Crippen LogP contribution in [-0.4, -0.2) is 20.7 Å². The van der Waals surface area contributed by atoms with Gasteiger partial charge in [-0.25, -0.2) is 0 Å². The van der Waals surface area contributed by atoms with Gasteiger partial charge < -0.3 is 10.6 Å². The molecule has 0 aliphatic carbocycles. The van der Waals surface area contributed by atoms with Gasteiger partial charge in [0.15, 0.2) is 8.68 Å². The fraction of sp³-hybridized carbons (Fsp3) is 0. The molecule has 2 aromatic carbocycles. The molecule has 25 heavy (non-hydrogen) atoms. The summed E-state index contributed by atoms with van der Waals surface area (Å²) < 4.78 is 0.951. The van der Waals surface area contributed by atoms with Gasteiger partial charge in [0.2, 0.25) is 0 Å². The van der Waals surface area contributed by atoms with Crippen molar-refractivity contribution in [3.63, 3.8) is 0 Å². The number of hydrogen-bond acceptors (Lipinski definition) is 7. The smallest absolute Gasteiger partial charge is 0.290 e. The molecule has 0 aliphatic rings. The molecule has 6 nitrogen and oxygen atoms in total. The second kappa shape index (κ2) is 8.65. The van der Waals surface area contributed by atoms with Crippen LogP contribution in [0.2, 0.25) is 0 Å². The van der Waals surface area contributed by atoms with Gasteiger partial charge in [0.25, 0.3) is 10.5 Å². The van der Waals surface area contributed by atoms with E-state index in [9.17, 15) is 9.59 Å². The first-order valence-electron chi connectivity index (χ1n) is 7.10. The molecule has 1 heterocycles. The monoisotopic (exact) mass is 388 g/mol. The lowest BCUT2D eigenvalue weighted by atomic mass is 10.3. The summed E-state index contributed by atoms with van der Waals surface area (Å²) in [6.45, 7) is 0. The fourth-order valence-corrected chi connectivity index (χ4v) is 4.32. The number of aromatic nitrogens is 2. The molecule has 0 spiro atoms. The molecule has 2 amide bonds. The second-order valence-electron chi connectivity index (χ2n) is 4.59. The third kappa shape index (κ3) is 5.59. The van der Waals surface area contributed by atoms with Crippen LogP contribution in [0.15, 0.2) is 69.3 Å². The van der Waals surface area contributed by atoms with Gasteiger partial charge in [0.05, 0.1) is 0 Å². The predicted octanol–water partition coefficient (Wildman–Crippen LogP) is 5.19. The number of para-hydroxylation sites is 2. The van der Waals surface area contributed by atoms with Gasteiger partial charge in [0, 0.05) is 34.9 Å². The van der Waals surface area contributed by atoms with Crippen LogP contribution in [-0.2, 0) is 0 Å². The second-order valence-corrected chi connectivity index (χ2v) is 8.01. The maximum atomic E-state index is 12.0. The summed E-state index contributed by atoms with van der Waals surface area (Å²) in [6.07, 6.45) is 0. The lowest BCUT2D eigenvalue weighted by Crippen LogP contribution is -2.03. The Hall–Kier alpha value is -2.36. The van der Waals surface area contributed by atoms with Crippen LogP contribution in [0.5, 0.6) is 0 Å². The van der Waals surface area contributed by atoms with E-state index in [0.717, 1.165) is 23.5 Å². The van der Waals surface area contributed by atoms with E-state index in [-0.39, 0.29) is 10.5 Å². The predicted molar refractivity (Wildman–Crippen MR) is 103 cm³/mol. The first-order valence-corrected chi connectivity index (χ1v) is 9.55. The molecule has 0 unspecified atom stereocenters. The number of rotatable bonds is 4. The summed E-state index contributed by atoms with van der Waals surface area (Å²) in [5, 5.41) is 12.8. The maximum Gasteiger partial charge on any atom is 0.290 e. The van der Waals surface area contributed by atoms with Gasteiger partial charge in [-0.05, 0) is 24.3 Å². The summed E-state index contributed by atoms with van der Waals surface area (Å²) in [7, 11) is 0. The number of hydrogen-bond donors (Lipinski definition) is 2. The van der Waals surface area contributed by atoms with Gasteiger partial charge in [-0.1, -0.05) is 47.7 Å². The summed E-state index contributed by atoms with van der Waals surface area (Å²) >= 11 is 3.07. The van der Waals surface area contributed by atoms with E-state index in [1.165, 1.54) is 11.3 Å². The van der Waals surface area contributed by atoms with Crippen LogP contribution >= 0.6 is 34.9 Å².